The molecule has 0 aromatic rings. The van der Waals surface area contributed by atoms with Crippen molar-refractivity contribution in [3.05, 3.63) is 0 Å². The Bertz CT molecular complexity index is 479. The maximum absolute atomic E-state index is 13.0. The van der Waals surface area contributed by atoms with Crippen molar-refractivity contribution in [3.63, 3.8) is 0 Å². The SMILES string of the molecule is CCCC(F)C(F)(F)C(F)(F)C(F)(F)C(F)(F)S(=O)(=O)[O-].[K+]. The largest absolute Gasteiger partial charge is 1.00 e. The second-order valence-electron chi connectivity index (χ2n) is 4.00. The number of hydrogen-bond donors (Lipinski definition) is 0. The van der Waals surface area contributed by atoms with Gasteiger partial charge in [-0.1, -0.05) is 13.3 Å². The fourth-order valence-electron chi connectivity index (χ4n) is 1.18. The molecule has 1 atom stereocenters. The Labute approximate surface area is 161 Å². The molecule has 3 nitrogen and oxygen atoms in total. The summed E-state index contributed by atoms with van der Waals surface area (Å²) in [5.74, 6) is -20.8. The van der Waals surface area contributed by atoms with Crippen LogP contribution < -0.4 is 51.4 Å². The zero-order valence-electron chi connectivity index (χ0n) is 11.0. The maximum Gasteiger partial charge on any atom is 1.00 e. The molecule has 0 aliphatic carbocycles. The van der Waals surface area contributed by atoms with Crippen LogP contribution in [0.5, 0.6) is 0 Å². The van der Waals surface area contributed by atoms with Crippen LogP contribution in [-0.2, 0) is 10.1 Å². The molecule has 0 saturated heterocycles. The Kier molecular flexibility index (Phi) is 8.50. The Morgan fingerprint density at radius 3 is 1.59 bits per heavy atom. The van der Waals surface area contributed by atoms with Crippen LogP contribution in [0.25, 0.3) is 0 Å². The molecule has 0 aliphatic rings. The first kappa shape index (κ1) is 25.2. The van der Waals surface area contributed by atoms with Gasteiger partial charge in [0.25, 0.3) is 0 Å². The van der Waals surface area contributed by atoms with Crippen LogP contribution in [-0.4, -0.2) is 42.2 Å². The molecule has 0 radical (unpaired) electrons. The molecule has 0 aliphatic heterocycles. The van der Waals surface area contributed by atoms with Gasteiger partial charge in [-0.3, -0.25) is 0 Å². The van der Waals surface area contributed by atoms with E-state index in [0.717, 1.165) is 6.92 Å². The van der Waals surface area contributed by atoms with E-state index in [1.165, 1.54) is 0 Å². The summed E-state index contributed by atoms with van der Waals surface area (Å²) >= 11 is 0. The van der Waals surface area contributed by atoms with E-state index >= 15 is 0 Å². The molecule has 0 aromatic carbocycles. The van der Waals surface area contributed by atoms with Crippen molar-refractivity contribution in [2.45, 2.75) is 49.0 Å². The molecule has 0 N–H and O–H groups in total. The topological polar surface area (TPSA) is 57.2 Å². The van der Waals surface area contributed by atoms with Gasteiger partial charge in [0.05, 0.1) is 0 Å². The van der Waals surface area contributed by atoms with Crippen molar-refractivity contribution >= 4 is 10.1 Å². The predicted octanol–water partition coefficient (Wildman–Crippen LogP) is 0.173. The summed E-state index contributed by atoms with van der Waals surface area (Å²) in [5.41, 5.74) is 0. The van der Waals surface area contributed by atoms with Crippen molar-refractivity contribution in [2.75, 3.05) is 0 Å². The van der Waals surface area contributed by atoms with Crippen LogP contribution in [0.2, 0.25) is 0 Å². The first-order valence-electron chi connectivity index (χ1n) is 5.09. The molecule has 1 unspecified atom stereocenters. The summed E-state index contributed by atoms with van der Waals surface area (Å²) in [4.78, 5) is 0. The number of hydrogen-bond acceptors (Lipinski definition) is 3. The molecule has 0 amide bonds. The smallest absolute Gasteiger partial charge is 0.743 e. The minimum atomic E-state index is -7.41. The number of halogens is 9. The zero-order valence-corrected chi connectivity index (χ0v) is 15.0. The molecule has 0 fully saturated rings. The van der Waals surface area contributed by atoms with Crippen LogP contribution in [0.4, 0.5) is 39.5 Å². The van der Waals surface area contributed by atoms with E-state index in [1.54, 1.807) is 0 Å². The molecule has 0 saturated carbocycles. The van der Waals surface area contributed by atoms with E-state index in [1.807, 2.05) is 0 Å². The fraction of sp³-hybridized carbons (Fsp3) is 1.00. The van der Waals surface area contributed by atoms with Gasteiger partial charge in [0, 0.05) is 0 Å². The van der Waals surface area contributed by atoms with Gasteiger partial charge in [0.15, 0.2) is 16.3 Å². The molecule has 0 spiro atoms. The normalized spacial score (nSPS) is 16.1. The third kappa shape index (κ3) is 3.94. The van der Waals surface area contributed by atoms with Crippen LogP contribution in [0.15, 0.2) is 0 Å². The molecule has 0 bridgehead atoms. The van der Waals surface area contributed by atoms with E-state index in [9.17, 15) is 52.5 Å². The monoisotopic (exact) mass is 394 g/mol. The second kappa shape index (κ2) is 7.43. The summed E-state index contributed by atoms with van der Waals surface area (Å²) in [5, 5.41) is -7.06. The molecular weight excluding hydrogens is 386 g/mol. The van der Waals surface area contributed by atoms with Gasteiger partial charge in [-0.25, -0.2) is 12.8 Å². The van der Waals surface area contributed by atoms with Crippen LogP contribution >= 0.6 is 0 Å². The summed E-state index contributed by atoms with van der Waals surface area (Å²) in [7, 11) is -7.41. The Balaban J connectivity index is 0. The van der Waals surface area contributed by atoms with Crippen molar-refractivity contribution in [2.24, 2.45) is 0 Å². The van der Waals surface area contributed by atoms with Crippen LogP contribution in [0.1, 0.15) is 19.8 Å². The average Bonchev–Trinajstić information content (AvgIpc) is 2.26. The molecule has 0 heterocycles. The minimum Gasteiger partial charge on any atom is -0.743 e. The van der Waals surface area contributed by atoms with Gasteiger partial charge in [-0.15, -0.1) is 0 Å². The molecule has 0 aromatic heterocycles. The van der Waals surface area contributed by atoms with E-state index in [2.05, 4.69) is 0 Å². The number of rotatable bonds is 7. The summed E-state index contributed by atoms with van der Waals surface area (Å²) < 4.78 is 145. The summed E-state index contributed by atoms with van der Waals surface area (Å²) in [6.07, 6.45) is -5.85. The van der Waals surface area contributed by atoms with Crippen molar-refractivity contribution in [1.82, 2.24) is 0 Å². The molecule has 128 valence electrons. The summed E-state index contributed by atoms with van der Waals surface area (Å²) in [6.45, 7) is 1.01. The van der Waals surface area contributed by atoms with Crippen molar-refractivity contribution in [1.29, 1.82) is 0 Å². The van der Waals surface area contributed by atoms with Gasteiger partial charge in [0.2, 0.25) is 0 Å². The fourth-order valence-corrected chi connectivity index (χ4v) is 1.62. The molecule has 0 rings (SSSR count). The first-order chi connectivity index (χ1) is 8.98. The van der Waals surface area contributed by atoms with Crippen LogP contribution in [0.3, 0.4) is 0 Å². The zero-order chi connectivity index (χ0) is 17.5. The third-order valence-electron chi connectivity index (χ3n) is 2.43. The van der Waals surface area contributed by atoms with Gasteiger partial charge in [-0.2, -0.15) is 35.1 Å². The standard InChI is InChI=1S/C8H9F9O3S.K/c1-2-3-4(9)5(10,11)6(12,13)7(14,15)8(16,17)21(18,19)20;/h4H,2-3H2,1H3,(H,18,19,20);/q;+1/p-1. The molecule has 22 heavy (non-hydrogen) atoms. The van der Waals surface area contributed by atoms with Crippen molar-refractivity contribution < 1.29 is 104 Å². The maximum atomic E-state index is 13.0. The quantitative estimate of drug-likeness (QED) is 0.352. The van der Waals surface area contributed by atoms with Crippen LogP contribution in [0, 0.1) is 0 Å². The number of alkyl halides is 9. The molecular formula is C8H8F9KO3S. The van der Waals surface area contributed by atoms with E-state index in [0.29, 0.717) is 0 Å². The first-order valence-corrected chi connectivity index (χ1v) is 6.50. The van der Waals surface area contributed by atoms with Gasteiger partial charge in [-0.05, 0) is 6.42 Å². The van der Waals surface area contributed by atoms with Gasteiger partial charge < -0.3 is 4.55 Å². The Morgan fingerprint density at radius 1 is 0.955 bits per heavy atom. The van der Waals surface area contributed by atoms with Gasteiger partial charge in [0.1, 0.15) is 0 Å². The minimum absolute atomic E-state index is 0. The van der Waals surface area contributed by atoms with Gasteiger partial charge >= 0.3 is 74.4 Å². The third-order valence-corrected chi connectivity index (χ3v) is 3.31. The Morgan fingerprint density at radius 2 is 1.32 bits per heavy atom. The molecule has 14 heteroatoms. The average molecular weight is 394 g/mol. The second-order valence-corrected chi connectivity index (χ2v) is 5.42. The van der Waals surface area contributed by atoms with E-state index in [4.69, 9.17) is 0 Å². The Hall–Kier alpha value is 0.916. The van der Waals surface area contributed by atoms with Crippen molar-refractivity contribution in [3.8, 4) is 0 Å². The summed E-state index contributed by atoms with van der Waals surface area (Å²) in [6, 6.07) is 0. The van der Waals surface area contributed by atoms with E-state index in [-0.39, 0.29) is 51.4 Å². The van der Waals surface area contributed by atoms with E-state index < -0.39 is 52.2 Å². The predicted molar refractivity (Wildman–Crippen MR) is 49.3 cm³/mol.